The zero-order valence-corrected chi connectivity index (χ0v) is 16.0. The van der Waals surface area contributed by atoms with Gasteiger partial charge in [0.05, 0.1) is 19.4 Å². The Morgan fingerprint density at radius 3 is 2.65 bits per heavy atom. The van der Waals surface area contributed by atoms with Crippen molar-refractivity contribution < 1.29 is 8.83 Å². The maximum Gasteiger partial charge on any atom is 0.247 e. The van der Waals surface area contributed by atoms with E-state index in [-0.39, 0.29) is 6.04 Å². The van der Waals surface area contributed by atoms with E-state index in [9.17, 15) is 0 Å². The van der Waals surface area contributed by atoms with Gasteiger partial charge in [0.15, 0.2) is 5.11 Å². The third-order valence-electron chi connectivity index (χ3n) is 3.74. The third-order valence-corrected chi connectivity index (χ3v) is 4.37. The number of rotatable bonds is 6. The Morgan fingerprint density at radius 1 is 1.23 bits per heavy atom. The highest BCUT2D eigenvalue weighted by atomic mass is 35.5. The summed E-state index contributed by atoms with van der Waals surface area (Å²) in [5.41, 5.74) is 0.822. The molecule has 2 aromatic heterocycles. The fourth-order valence-electron chi connectivity index (χ4n) is 2.34. The van der Waals surface area contributed by atoms with Gasteiger partial charge in [0.2, 0.25) is 11.8 Å². The molecule has 8 heteroatoms. The minimum Gasteiger partial charge on any atom is -0.467 e. The molecule has 0 unspecified atom stereocenters. The van der Waals surface area contributed by atoms with Crippen LogP contribution >= 0.6 is 23.8 Å². The highest BCUT2D eigenvalue weighted by molar-refractivity contribution is 7.80. The summed E-state index contributed by atoms with van der Waals surface area (Å²) in [5, 5.41) is 12.7. The number of hydrogen-bond acceptors (Lipinski definition) is 5. The van der Waals surface area contributed by atoms with Crippen molar-refractivity contribution in [1.29, 1.82) is 0 Å². The van der Waals surface area contributed by atoms with Crippen LogP contribution in [-0.4, -0.2) is 26.3 Å². The normalized spacial score (nSPS) is 10.9. The number of aromatic nitrogens is 2. The Morgan fingerprint density at radius 2 is 2.00 bits per heavy atom. The van der Waals surface area contributed by atoms with E-state index in [4.69, 9.17) is 32.7 Å². The summed E-state index contributed by atoms with van der Waals surface area (Å²) < 4.78 is 11.1. The van der Waals surface area contributed by atoms with Gasteiger partial charge in [0, 0.05) is 16.6 Å². The van der Waals surface area contributed by atoms with Crippen molar-refractivity contribution in [3.8, 4) is 11.5 Å². The lowest BCUT2D eigenvalue weighted by molar-refractivity contribution is 0.300. The van der Waals surface area contributed by atoms with E-state index < -0.39 is 0 Å². The van der Waals surface area contributed by atoms with Crippen LogP contribution in [0.5, 0.6) is 0 Å². The summed E-state index contributed by atoms with van der Waals surface area (Å²) >= 11 is 11.4. The van der Waals surface area contributed by atoms with Crippen LogP contribution in [0.3, 0.4) is 0 Å². The molecule has 3 rings (SSSR count). The standard InChI is InChI=1S/C18H19ClN4O2S/c1-12(2)23(18(26)20-10-15-4-3-9-24-15)11-16-21-22-17(25-16)13-5-7-14(19)8-6-13/h3-9,12H,10-11H2,1-2H3,(H,20,26). The van der Waals surface area contributed by atoms with Gasteiger partial charge in [-0.05, 0) is 62.5 Å². The molecule has 136 valence electrons. The number of furan rings is 1. The molecule has 0 fully saturated rings. The Labute approximate surface area is 162 Å². The van der Waals surface area contributed by atoms with E-state index in [0.29, 0.717) is 35.0 Å². The van der Waals surface area contributed by atoms with Gasteiger partial charge >= 0.3 is 0 Å². The van der Waals surface area contributed by atoms with Crippen LogP contribution in [0.25, 0.3) is 11.5 Å². The number of thiocarbonyl (C=S) groups is 1. The van der Waals surface area contributed by atoms with Crippen LogP contribution in [0.15, 0.2) is 51.5 Å². The van der Waals surface area contributed by atoms with Crippen molar-refractivity contribution in [2.24, 2.45) is 0 Å². The lowest BCUT2D eigenvalue weighted by atomic mass is 10.2. The molecule has 1 aromatic carbocycles. The Bertz CT molecular complexity index is 846. The second-order valence-corrected chi connectivity index (χ2v) is 6.79. The molecular formula is C18H19ClN4O2S. The summed E-state index contributed by atoms with van der Waals surface area (Å²) in [5.74, 6) is 1.76. The van der Waals surface area contributed by atoms with Crippen molar-refractivity contribution >= 4 is 28.9 Å². The molecule has 6 nitrogen and oxygen atoms in total. The molecule has 3 aromatic rings. The number of hydrogen-bond donors (Lipinski definition) is 1. The maximum absolute atomic E-state index is 5.91. The lowest BCUT2D eigenvalue weighted by Gasteiger charge is -2.28. The molecule has 0 aliphatic heterocycles. The van der Waals surface area contributed by atoms with E-state index in [1.807, 2.05) is 29.2 Å². The van der Waals surface area contributed by atoms with Crippen molar-refractivity contribution in [3.05, 3.63) is 59.3 Å². The molecule has 0 aliphatic rings. The molecule has 0 spiro atoms. The van der Waals surface area contributed by atoms with E-state index in [1.165, 1.54) is 0 Å². The van der Waals surface area contributed by atoms with Gasteiger partial charge in [-0.3, -0.25) is 0 Å². The SMILES string of the molecule is CC(C)N(Cc1nnc(-c2ccc(Cl)cc2)o1)C(=S)NCc1ccco1. The van der Waals surface area contributed by atoms with Gasteiger partial charge in [-0.25, -0.2) is 0 Å². The van der Waals surface area contributed by atoms with Crippen molar-refractivity contribution in [1.82, 2.24) is 20.4 Å². The molecule has 0 saturated carbocycles. The smallest absolute Gasteiger partial charge is 0.247 e. The average molecular weight is 391 g/mol. The minimum absolute atomic E-state index is 0.164. The number of halogens is 1. The van der Waals surface area contributed by atoms with E-state index in [1.54, 1.807) is 18.4 Å². The molecular weight excluding hydrogens is 372 g/mol. The van der Waals surface area contributed by atoms with Crippen LogP contribution in [0.2, 0.25) is 5.02 Å². The first-order valence-corrected chi connectivity index (χ1v) is 8.96. The Balaban J connectivity index is 1.66. The quantitative estimate of drug-likeness (QED) is 0.630. The Kier molecular flexibility index (Phi) is 5.90. The average Bonchev–Trinajstić information content (AvgIpc) is 3.30. The van der Waals surface area contributed by atoms with Gasteiger partial charge < -0.3 is 19.1 Å². The van der Waals surface area contributed by atoms with Crippen LogP contribution in [0.4, 0.5) is 0 Å². The fraction of sp³-hybridized carbons (Fsp3) is 0.278. The number of benzene rings is 1. The Hall–Kier alpha value is -2.38. The van der Waals surface area contributed by atoms with Crippen LogP contribution < -0.4 is 5.32 Å². The number of nitrogens with zero attached hydrogens (tertiary/aromatic N) is 3. The van der Waals surface area contributed by atoms with Crippen LogP contribution in [0, 0.1) is 0 Å². The predicted octanol–water partition coefficient (Wildman–Crippen LogP) is 4.27. The molecule has 0 radical (unpaired) electrons. The van der Waals surface area contributed by atoms with Crippen molar-refractivity contribution in [2.75, 3.05) is 0 Å². The van der Waals surface area contributed by atoms with Gasteiger partial charge in [0.25, 0.3) is 0 Å². The van der Waals surface area contributed by atoms with Crippen molar-refractivity contribution in [3.63, 3.8) is 0 Å². The highest BCUT2D eigenvalue weighted by Gasteiger charge is 2.18. The van der Waals surface area contributed by atoms with E-state index >= 15 is 0 Å². The lowest BCUT2D eigenvalue weighted by Crippen LogP contribution is -2.43. The molecule has 26 heavy (non-hydrogen) atoms. The zero-order valence-electron chi connectivity index (χ0n) is 14.5. The summed E-state index contributed by atoms with van der Waals surface area (Å²) in [7, 11) is 0. The zero-order chi connectivity index (χ0) is 18.5. The monoisotopic (exact) mass is 390 g/mol. The van der Waals surface area contributed by atoms with Crippen LogP contribution in [-0.2, 0) is 13.1 Å². The molecule has 0 atom stereocenters. The summed E-state index contributed by atoms with van der Waals surface area (Å²) in [6.07, 6.45) is 1.64. The predicted molar refractivity (Wildman–Crippen MR) is 104 cm³/mol. The summed E-state index contributed by atoms with van der Waals surface area (Å²) in [4.78, 5) is 1.98. The van der Waals surface area contributed by atoms with Crippen LogP contribution in [0.1, 0.15) is 25.5 Å². The second-order valence-electron chi connectivity index (χ2n) is 5.97. The summed E-state index contributed by atoms with van der Waals surface area (Å²) in [6, 6.07) is 11.2. The first-order valence-electron chi connectivity index (χ1n) is 8.18. The first kappa shape index (κ1) is 18.4. The van der Waals surface area contributed by atoms with E-state index in [2.05, 4.69) is 29.4 Å². The summed E-state index contributed by atoms with van der Waals surface area (Å²) in [6.45, 7) is 5.05. The number of nitrogens with one attached hydrogen (secondary N) is 1. The first-order chi connectivity index (χ1) is 12.5. The fourth-order valence-corrected chi connectivity index (χ4v) is 2.81. The molecule has 2 heterocycles. The largest absolute Gasteiger partial charge is 0.467 e. The highest BCUT2D eigenvalue weighted by Crippen LogP contribution is 2.21. The van der Waals surface area contributed by atoms with Gasteiger partial charge in [-0.2, -0.15) is 0 Å². The third kappa shape index (κ3) is 4.62. The minimum atomic E-state index is 0.164. The van der Waals surface area contributed by atoms with Gasteiger partial charge in [-0.1, -0.05) is 11.6 Å². The molecule has 0 amide bonds. The maximum atomic E-state index is 5.91. The molecule has 0 aliphatic carbocycles. The molecule has 1 N–H and O–H groups in total. The second kappa shape index (κ2) is 8.33. The van der Waals surface area contributed by atoms with Gasteiger partial charge in [0.1, 0.15) is 5.76 Å². The topological polar surface area (TPSA) is 67.3 Å². The van der Waals surface area contributed by atoms with Crippen molar-refractivity contribution in [2.45, 2.75) is 33.0 Å². The van der Waals surface area contributed by atoms with E-state index in [0.717, 1.165) is 11.3 Å². The molecule has 0 saturated heterocycles. The molecule has 0 bridgehead atoms. The van der Waals surface area contributed by atoms with Gasteiger partial charge in [-0.15, -0.1) is 10.2 Å².